The van der Waals surface area contributed by atoms with Gasteiger partial charge >= 0.3 is 0 Å². The van der Waals surface area contributed by atoms with Gasteiger partial charge in [-0.05, 0) is 31.8 Å². The first kappa shape index (κ1) is 12.3. The van der Waals surface area contributed by atoms with Crippen molar-refractivity contribution in [3.8, 4) is 0 Å². The van der Waals surface area contributed by atoms with Gasteiger partial charge in [-0.3, -0.25) is 0 Å². The van der Waals surface area contributed by atoms with Gasteiger partial charge in [0.2, 0.25) is 0 Å². The maximum atomic E-state index is 12.7. The molecule has 0 heterocycles. The van der Waals surface area contributed by atoms with Gasteiger partial charge in [0.05, 0.1) is 0 Å². The number of rotatable bonds is 5. The number of nitrogens with two attached hydrogens (primary N) is 1. The molecule has 0 aromatic heterocycles. The fourth-order valence-electron chi connectivity index (χ4n) is 1.13. The van der Waals surface area contributed by atoms with E-state index in [1.807, 2.05) is 25.9 Å². The summed E-state index contributed by atoms with van der Waals surface area (Å²) in [6, 6.07) is 4.59. The summed E-state index contributed by atoms with van der Waals surface area (Å²) in [6.45, 7) is 1.05. The molecule has 0 amide bonds. The average Bonchev–Trinajstić information content (AvgIpc) is 2.14. The highest BCUT2D eigenvalue weighted by molar-refractivity contribution is 7.98. The Labute approximate surface area is 94.6 Å². The van der Waals surface area contributed by atoms with E-state index in [0.29, 0.717) is 5.69 Å². The maximum absolute atomic E-state index is 12.7. The first-order chi connectivity index (χ1) is 7.09. The molecule has 0 saturated heterocycles. The molecule has 0 bridgehead atoms. The highest BCUT2D eigenvalue weighted by Gasteiger charge is 2.01. The Hall–Kier alpha value is -0.740. The summed E-state index contributed by atoms with van der Waals surface area (Å²) in [5.41, 5.74) is 7.26. The molecule has 1 aromatic rings. The molecule has 1 aromatic carbocycles. The molecular formula is C11H17FN2S. The van der Waals surface area contributed by atoms with Crippen molar-refractivity contribution in [2.24, 2.45) is 0 Å². The van der Waals surface area contributed by atoms with Crippen LogP contribution in [-0.2, 0) is 5.75 Å². The third-order valence-corrected chi connectivity index (χ3v) is 3.03. The summed E-state index contributed by atoms with van der Waals surface area (Å²) >= 11 is 1.81. The second-order valence-corrected chi connectivity index (χ2v) is 4.80. The van der Waals surface area contributed by atoms with Crippen LogP contribution in [0, 0.1) is 5.82 Å². The van der Waals surface area contributed by atoms with E-state index in [4.69, 9.17) is 5.73 Å². The largest absolute Gasteiger partial charge is 0.398 e. The lowest BCUT2D eigenvalue weighted by Gasteiger charge is -2.09. The molecule has 0 unspecified atom stereocenters. The highest BCUT2D eigenvalue weighted by Crippen LogP contribution is 2.19. The zero-order valence-electron chi connectivity index (χ0n) is 9.16. The minimum Gasteiger partial charge on any atom is -0.398 e. The van der Waals surface area contributed by atoms with Crippen LogP contribution < -0.4 is 5.73 Å². The Balaban J connectivity index is 2.37. The highest BCUT2D eigenvalue weighted by atomic mass is 32.2. The molecule has 0 aliphatic heterocycles. The normalized spacial score (nSPS) is 10.9. The fraction of sp³-hybridized carbons (Fsp3) is 0.455. The zero-order valence-corrected chi connectivity index (χ0v) is 9.98. The van der Waals surface area contributed by atoms with E-state index in [1.54, 1.807) is 6.07 Å². The van der Waals surface area contributed by atoms with Crippen molar-refractivity contribution in [3.05, 3.63) is 29.6 Å². The second kappa shape index (κ2) is 5.98. The van der Waals surface area contributed by atoms with Gasteiger partial charge in [0.25, 0.3) is 0 Å². The topological polar surface area (TPSA) is 29.3 Å². The molecule has 0 aliphatic carbocycles. The lowest BCUT2D eigenvalue weighted by atomic mass is 10.2. The smallest absolute Gasteiger partial charge is 0.125 e. The molecule has 0 spiro atoms. The SMILES string of the molecule is CN(C)CCSCc1ccc(F)cc1N. The summed E-state index contributed by atoms with van der Waals surface area (Å²) in [5.74, 6) is 1.64. The number of nitrogens with zero attached hydrogens (tertiary/aromatic N) is 1. The first-order valence-corrected chi connectivity index (χ1v) is 6.01. The van der Waals surface area contributed by atoms with E-state index in [0.717, 1.165) is 23.6 Å². The van der Waals surface area contributed by atoms with Crippen molar-refractivity contribution in [2.45, 2.75) is 5.75 Å². The summed E-state index contributed by atoms with van der Waals surface area (Å²) < 4.78 is 12.7. The Morgan fingerprint density at radius 1 is 1.40 bits per heavy atom. The number of benzene rings is 1. The van der Waals surface area contributed by atoms with E-state index in [-0.39, 0.29) is 5.82 Å². The summed E-state index contributed by atoms with van der Waals surface area (Å²) in [4.78, 5) is 2.14. The van der Waals surface area contributed by atoms with Gasteiger partial charge < -0.3 is 10.6 Å². The summed E-state index contributed by atoms with van der Waals surface area (Å²) in [5, 5.41) is 0. The maximum Gasteiger partial charge on any atom is 0.125 e. The molecule has 0 fully saturated rings. The van der Waals surface area contributed by atoms with Crippen LogP contribution >= 0.6 is 11.8 Å². The van der Waals surface area contributed by atoms with E-state index >= 15 is 0 Å². The molecule has 1 rings (SSSR count). The Bertz CT molecular complexity index is 315. The molecule has 0 aliphatic rings. The minimum absolute atomic E-state index is 0.269. The summed E-state index contributed by atoms with van der Waals surface area (Å²) in [6.07, 6.45) is 0. The van der Waals surface area contributed by atoms with E-state index in [2.05, 4.69) is 4.90 Å². The zero-order chi connectivity index (χ0) is 11.3. The van der Waals surface area contributed by atoms with E-state index in [1.165, 1.54) is 12.1 Å². The Morgan fingerprint density at radius 3 is 2.73 bits per heavy atom. The number of hydrogen-bond acceptors (Lipinski definition) is 3. The quantitative estimate of drug-likeness (QED) is 0.619. The number of hydrogen-bond donors (Lipinski definition) is 1. The van der Waals surface area contributed by atoms with Gasteiger partial charge in [-0.25, -0.2) is 4.39 Å². The van der Waals surface area contributed by atoms with Crippen LogP contribution in [-0.4, -0.2) is 31.3 Å². The first-order valence-electron chi connectivity index (χ1n) is 4.86. The molecule has 84 valence electrons. The van der Waals surface area contributed by atoms with Crippen molar-refractivity contribution in [1.29, 1.82) is 0 Å². The molecular weight excluding hydrogens is 211 g/mol. The molecule has 2 nitrogen and oxygen atoms in total. The molecule has 0 saturated carbocycles. The van der Waals surface area contributed by atoms with Gasteiger partial charge in [0.1, 0.15) is 5.82 Å². The van der Waals surface area contributed by atoms with Crippen molar-refractivity contribution in [2.75, 3.05) is 32.1 Å². The predicted octanol–water partition coefficient (Wildman–Crippen LogP) is 2.20. The number of nitrogen functional groups attached to an aromatic ring is 1. The van der Waals surface area contributed by atoms with Gasteiger partial charge in [-0.1, -0.05) is 6.07 Å². The number of thioether (sulfide) groups is 1. The third-order valence-electron chi connectivity index (χ3n) is 2.05. The van der Waals surface area contributed by atoms with Crippen molar-refractivity contribution >= 4 is 17.4 Å². The Morgan fingerprint density at radius 2 is 2.13 bits per heavy atom. The van der Waals surface area contributed by atoms with Crippen LogP contribution in [0.1, 0.15) is 5.56 Å². The Kier molecular flexibility index (Phi) is 4.91. The number of halogens is 1. The monoisotopic (exact) mass is 228 g/mol. The minimum atomic E-state index is -0.269. The van der Waals surface area contributed by atoms with E-state index < -0.39 is 0 Å². The van der Waals surface area contributed by atoms with Crippen molar-refractivity contribution < 1.29 is 4.39 Å². The molecule has 0 atom stereocenters. The number of anilines is 1. The third kappa shape index (κ3) is 4.53. The van der Waals surface area contributed by atoms with Crippen molar-refractivity contribution in [1.82, 2.24) is 4.90 Å². The van der Waals surface area contributed by atoms with Crippen LogP contribution in [0.4, 0.5) is 10.1 Å². The molecule has 15 heavy (non-hydrogen) atoms. The van der Waals surface area contributed by atoms with Crippen LogP contribution in [0.15, 0.2) is 18.2 Å². The van der Waals surface area contributed by atoms with Crippen LogP contribution in [0.5, 0.6) is 0 Å². The lowest BCUT2D eigenvalue weighted by molar-refractivity contribution is 0.437. The van der Waals surface area contributed by atoms with Gasteiger partial charge in [-0.15, -0.1) is 0 Å². The predicted molar refractivity (Wildman–Crippen MR) is 65.5 cm³/mol. The van der Waals surface area contributed by atoms with Crippen LogP contribution in [0.3, 0.4) is 0 Å². The van der Waals surface area contributed by atoms with Crippen molar-refractivity contribution in [3.63, 3.8) is 0 Å². The van der Waals surface area contributed by atoms with Gasteiger partial charge in [0.15, 0.2) is 0 Å². The van der Waals surface area contributed by atoms with Gasteiger partial charge in [0, 0.05) is 23.7 Å². The van der Waals surface area contributed by atoms with E-state index in [9.17, 15) is 4.39 Å². The standard InChI is InChI=1S/C11H17FN2S/c1-14(2)5-6-15-8-9-3-4-10(12)7-11(9)13/h3-4,7H,5-6,8,13H2,1-2H3. The second-order valence-electron chi connectivity index (χ2n) is 3.70. The molecule has 4 heteroatoms. The average molecular weight is 228 g/mol. The fourth-order valence-corrected chi connectivity index (χ4v) is 2.25. The lowest BCUT2D eigenvalue weighted by Crippen LogP contribution is -2.14. The van der Waals surface area contributed by atoms with Crippen LogP contribution in [0.25, 0.3) is 0 Å². The molecule has 2 N–H and O–H groups in total. The molecule has 0 radical (unpaired) electrons. The van der Waals surface area contributed by atoms with Crippen LogP contribution in [0.2, 0.25) is 0 Å². The summed E-state index contributed by atoms with van der Waals surface area (Å²) in [7, 11) is 4.10. The van der Waals surface area contributed by atoms with Gasteiger partial charge in [-0.2, -0.15) is 11.8 Å².